The number of carbonyl (C=O) groups is 1. The van der Waals surface area contributed by atoms with Gasteiger partial charge in [-0.3, -0.25) is 4.79 Å². The summed E-state index contributed by atoms with van der Waals surface area (Å²) in [6, 6.07) is 7.26. The van der Waals surface area contributed by atoms with Crippen LogP contribution < -0.4 is 0 Å². The number of aromatic nitrogens is 4. The minimum atomic E-state index is -0.354. The first-order valence-corrected chi connectivity index (χ1v) is 8.42. The summed E-state index contributed by atoms with van der Waals surface area (Å²) in [5, 5.41) is 3.88. The lowest BCUT2D eigenvalue weighted by molar-refractivity contribution is -0.00580. The van der Waals surface area contributed by atoms with Crippen molar-refractivity contribution >= 4 is 5.91 Å². The minimum Gasteiger partial charge on any atom is -0.377 e. The molecule has 8 nitrogen and oxygen atoms in total. The van der Waals surface area contributed by atoms with Gasteiger partial charge in [-0.2, -0.15) is 4.98 Å². The average Bonchev–Trinajstić information content (AvgIpc) is 3.30. The normalized spacial score (nSPS) is 17.5. The quantitative estimate of drug-likeness (QED) is 0.717. The summed E-state index contributed by atoms with van der Waals surface area (Å²) in [5.74, 6) is 1.17. The Bertz CT molecular complexity index is 905. The van der Waals surface area contributed by atoms with Gasteiger partial charge in [0.05, 0.1) is 18.8 Å². The topological polar surface area (TPSA) is 86.3 Å². The SMILES string of the molecule is Cc1cc(C(=O)N2CCOC[C@H]2c2ncon2)c(C)n1-c1ccccn1. The second-order valence-electron chi connectivity index (χ2n) is 6.19. The van der Waals surface area contributed by atoms with Gasteiger partial charge < -0.3 is 18.7 Å². The van der Waals surface area contributed by atoms with Gasteiger partial charge in [0.25, 0.3) is 5.91 Å². The highest BCUT2D eigenvalue weighted by atomic mass is 16.5. The molecule has 1 aliphatic rings. The third-order valence-corrected chi connectivity index (χ3v) is 4.61. The number of morpholine rings is 1. The maximum atomic E-state index is 13.3. The van der Waals surface area contributed by atoms with Crippen LogP contribution in [0.4, 0.5) is 0 Å². The van der Waals surface area contributed by atoms with Crippen molar-refractivity contribution in [2.45, 2.75) is 19.9 Å². The van der Waals surface area contributed by atoms with E-state index in [9.17, 15) is 4.79 Å². The molecule has 1 aliphatic heterocycles. The second kappa shape index (κ2) is 6.72. The lowest BCUT2D eigenvalue weighted by Crippen LogP contribution is -2.44. The van der Waals surface area contributed by atoms with E-state index in [1.165, 1.54) is 6.39 Å². The summed E-state index contributed by atoms with van der Waals surface area (Å²) in [6.45, 7) is 5.21. The second-order valence-corrected chi connectivity index (χ2v) is 6.19. The van der Waals surface area contributed by atoms with Crippen molar-refractivity contribution in [2.75, 3.05) is 19.8 Å². The highest BCUT2D eigenvalue weighted by Crippen LogP contribution is 2.27. The zero-order chi connectivity index (χ0) is 18.1. The first kappa shape index (κ1) is 16.5. The van der Waals surface area contributed by atoms with E-state index in [0.717, 1.165) is 17.2 Å². The Morgan fingerprint density at radius 3 is 2.88 bits per heavy atom. The predicted molar refractivity (Wildman–Crippen MR) is 91.9 cm³/mol. The van der Waals surface area contributed by atoms with Crippen molar-refractivity contribution in [1.29, 1.82) is 0 Å². The molecule has 4 heterocycles. The number of hydrogen-bond acceptors (Lipinski definition) is 6. The molecule has 0 bridgehead atoms. The van der Waals surface area contributed by atoms with E-state index in [1.807, 2.05) is 42.7 Å². The zero-order valence-electron chi connectivity index (χ0n) is 14.6. The Kier molecular flexibility index (Phi) is 4.26. The molecule has 0 unspecified atom stereocenters. The monoisotopic (exact) mass is 353 g/mol. The van der Waals surface area contributed by atoms with E-state index >= 15 is 0 Å². The molecule has 0 N–H and O–H groups in total. The molecule has 1 saturated heterocycles. The summed E-state index contributed by atoms with van der Waals surface area (Å²) < 4.78 is 12.3. The Morgan fingerprint density at radius 2 is 2.15 bits per heavy atom. The van der Waals surface area contributed by atoms with Crippen LogP contribution in [0.5, 0.6) is 0 Å². The van der Waals surface area contributed by atoms with E-state index in [4.69, 9.17) is 9.26 Å². The highest BCUT2D eigenvalue weighted by Gasteiger charge is 2.33. The van der Waals surface area contributed by atoms with Gasteiger partial charge in [-0.25, -0.2) is 4.98 Å². The first-order valence-electron chi connectivity index (χ1n) is 8.42. The van der Waals surface area contributed by atoms with Crippen molar-refractivity contribution in [3.05, 3.63) is 59.6 Å². The van der Waals surface area contributed by atoms with Crippen LogP contribution in [0.3, 0.4) is 0 Å². The average molecular weight is 353 g/mol. The first-order chi connectivity index (χ1) is 12.7. The Morgan fingerprint density at radius 1 is 1.27 bits per heavy atom. The molecule has 3 aromatic heterocycles. The van der Waals surface area contributed by atoms with E-state index in [-0.39, 0.29) is 11.9 Å². The predicted octanol–water partition coefficient (Wildman–Crippen LogP) is 2.09. The smallest absolute Gasteiger partial charge is 0.256 e. The number of hydrogen-bond donors (Lipinski definition) is 0. The third kappa shape index (κ3) is 2.78. The number of nitrogens with zero attached hydrogens (tertiary/aromatic N) is 5. The molecule has 0 saturated carbocycles. The fraction of sp³-hybridized carbons (Fsp3) is 0.333. The van der Waals surface area contributed by atoms with Gasteiger partial charge in [0.1, 0.15) is 11.9 Å². The van der Waals surface area contributed by atoms with Crippen molar-refractivity contribution in [3.63, 3.8) is 0 Å². The van der Waals surface area contributed by atoms with Crippen LogP contribution in [-0.2, 0) is 4.74 Å². The Labute approximate surface area is 150 Å². The number of rotatable bonds is 3. The van der Waals surface area contributed by atoms with Crippen LogP contribution in [0.25, 0.3) is 5.82 Å². The molecular formula is C18H19N5O3. The molecule has 134 valence electrons. The minimum absolute atomic E-state index is 0.0709. The van der Waals surface area contributed by atoms with Crippen molar-refractivity contribution in [1.82, 2.24) is 24.6 Å². The Balaban J connectivity index is 1.70. The maximum Gasteiger partial charge on any atom is 0.256 e. The molecule has 4 rings (SSSR count). The number of carbonyl (C=O) groups excluding carboxylic acids is 1. The van der Waals surface area contributed by atoms with Gasteiger partial charge in [-0.15, -0.1) is 0 Å². The van der Waals surface area contributed by atoms with Gasteiger partial charge in [-0.1, -0.05) is 11.2 Å². The lowest BCUT2D eigenvalue weighted by Gasteiger charge is -2.33. The maximum absolute atomic E-state index is 13.3. The van der Waals surface area contributed by atoms with Crippen molar-refractivity contribution in [3.8, 4) is 5.82 Å². The lowest BCUT2D eigenvalue weighted by atomic mass is 10.1. The summed E-state index contributed by atoms with van der Waals surface area (Å²) in [7, 11) is 0. The third-order valence-electron chi connectivity index (χ3n) is 4.61. The molecule has 26 heavy (non-hydrogen) atoms. The fourth-order valence-corrected chi connectivity index (χ4v) is 3.36. The molecular weight excluding hydrogens is 334 g/mol. The van der Waals surface area contributed by atoms with Gasteiger partial charge in [0.2, 0.25) is 6.39 Å². The molecule has 3 aromatic rings. The summed E-state index contributed by atoms with van der Waals surface area (Å²) in [5.41, 5.74) is 2.45. The summed E-state index contributed by atoms with van der Waals surface area (Å²) >= 11 is 0. The van der Waals surface area contributed by atoms with E-state index < -0.39 is 0 Å². The van der Waals surface area contributed by atoms with Crippen LogP contribution in [0.15, 0.2) is 41.4 Å². The number of aryl methyl sites for hydroxylation is 1. The number of ether oxygens (including phenoxy) is 1. The standard InChI is InChI=1S/C18H19N5O3/c1-12-9-14(13(2)23(12)16-5-3-4-6-19-16)18(24)22-7-8-25-10-15(22)17-20-11-26-21-17/h3-6,9,11,15H,7-8,10H2,1-2H3/t15-/m0/s1. The van der Waals surface area contributed by atoms with Crippen LogP contribution in [-0.4, -0.2) is 50.3 Å². The van der Waals surface area contributed by atoms with Gasteiger partial charge in [0, 0.05) is 24.1 Å². The molecule has 1 atom stereocenters. The highest BCUT2D eigenvalue weighted by molar-refractivity contribution is 5.96. The number of amides is 1. The summed E-state index contributed by atoms with van der Waals surface area (Å²) in [6.07, 6.45) is 3.00. The molecule has 0 radical (unpaired) electrons. The van der Waals surface area contributed by atoms with Gasteiger partial charge >= 0.3 is 0 Å². The van der Waals surface area contributed by atoms with Crippen LogP contribution in [0, 0.1) is 13.8 Å². The zero-order valence-corrected chi connectivity index (χ0v) is 14.6. The van der Waals surface area contributed by atoms with Crippen molar-refractivity contribution in [2.24, 2.45) is 0 Å². The van der Waals surface area contributed by atoms with Crippen LogP contribution in [0.2, 0.25) is 0 Å². The molecule has 1 fully saturated rings. The largest absolute Gasteiger partial charge is 0.377 e. The molecule has 8 heteroatoms. The summed E-state index contributed by atoms with van der Waals surface area (Å²) in [4.78, 5) is 23.5. The number of pyridine rings is 1. The van der Waals surface area contributed by atoms with E-state index in [2.05, 4.69) is 15.1 Å². The fourth-order valence-electron chi connectivity index (χ4n) is 3.36. The van der Waals surface area contributed by atoms with Crippen LogP contribution in [0.1, 0.15) is 33.6 Å². The Hall–Kier alpha value is -3.00. The van der Waals surface area contributed by atoms with Gasteiger partial charge in [0.15, 0.2) is 5.82 Å². The molecule has 0 aliphatic carbocycles. The molecule has 0 spiro atoms. The molecule has 0 aromatic carbocycles. The van der Waals surface area contributed by atoms with E-state index in [1.54, 1.807) is 11.1 Å². The molecule has 1 amide bonds. The van der Waals surface area contributed by atoms with Gasteiger partial charge in [-0.05, 0) is 32.0 Å². The van der Waals surface area contributed by atoms with Crippen molar-refractivity contribution < 1.29 is 14.1 Å². The van der Waals surface area contributed by atoms with Crippen LogP contribution >= 0.6 is 0 Å². The van der Waals surface area contributed by atoms with E-state index in [0.29, 0.717) is 31.1 Å².